The van der Waals surface area contributed by atoms with Crippen LogP contribution < -0.4 is 0 Å². The number of hydrogen-bond acceptors (Lipinski definition) is 4. The Labute approximate surface area is 120 Å². The Morgan fingerprint density at radius 2 is 1.95 bits per heavy atom. The van der Waals surface area contributed by atoms with Crippen molar-refractivity contribution in [1.82, 2.24) is 0 Å². The number of methoxy groups -OCH3 is 1. The summed E-state index contributed by atoms with van der Waals surface area (Å²) in [6.45, 7) is 1.88. The van der Waals surface area contributed by atoms with Gasteiger partial charge in [-0.25, -0.2) is 9.59 Å². The van der Waals surface area contributed by atoms with Gasteiger partial charge in [0.25, 0.3) is 0 Å². The van der Waals surface area contributed by atoms with E-state index in [-0.39, 0.29) is 17.2 Å². The number of benzene rings is 1. The molecule has 0 spiro atoms. The predicted octanol–water partition coefficient (Wildman–Crippen LogP) is 3.11. The molecule has 0 heterocycles. The van der Waals surface area contributed by atoms with Crippen LogP contribution in [0.4, 0.5) is 0 Å². The topological polar surface area (TPSA) is 52.6 Å². The van der Waals surface area contributed by atoms with E-state index < -0.39 is 11.9 Å². The minimum Gasteiger partial charge on any atom is -0.465 e. The van der Waals surface area contributed by atoms with Gasteiger partial charge >= 0.3 is 11.9 Å². The molecule has 0 amide bonds. The highest BCUT2D eigenvalue weighted by atomic mass is 35.5. The van der Waals surface area contributed by atoms with Crippen molar-refractivity contribution in [2.24, 2.45) is 0 Å². The molecule has 0 bridgehead atoms. The standard InChI is InChI=1S/C13H12Cl2O4/c1-3-19-12(16)7-9(13(17)18-2)8-4-5-10(14)11(15)6-8/h4-7H,3H2,1-2H3/b9-7-. The highest BCUT2D eigenvalue weighted by Crippen LogP contribution is 2.26. The smallest absolute Gasteiger partial charge is 0.338 e. The second-order valence-electron chi connectivity index (χ2n) is 3.43. The van der Waals surface area contributed by atoms with E-state index in [0.717, 1.165) is 6.08 Å². The van der Waals surface area contributed by atoms with E-state index in [1.807, 2.05) is 0 Å². The van der Waals surface area contributed by atoms with Crippen LogP contribution in [-0.4, -0.2) is 25.7 Å². The van der Waals surface area contributed by atoms with Crippen molar-refractivity contribution < 1.29 is 19.1 Å². The monoisotopic (exact) mass is 302 g/mol. The third-order valence-corrected chi connectivity index (χ3v) is 2.92. The normalized spacial score (nSPS) is 11.1. The van der Waals surface area contributed by atoms with E-state index in [9.17, 15) is 9.59 Å². The maximum absolute atomic E-state index is 11.7. The number of hydrogen-bond donors (Lipinski definition) is 0. The maximum atomic E-state index is 11.7. The first-order valence-corrected chi connectivity index (χ1v) is 6.17. The van der Waals surface area contributed by atoms with Gasteiger partial charge in [-0.05, 0) is 24.6 Å². The first kappa shape index (κ1) is 15.5. The van der Waals surface area contributed by atoms with E-state index in [1.165, 1.54) is 19.2 Å². The van der Waals surface area contributed by atoms with Crippen molar-refractivity contribution in [3.05, 3.63) is 39.9 Å². The number of carbonyl (C=O) groups excluding carboxylic acids is 2. The minimum atomic E-state index is -0.661. The Bertz CT molecular complexity index is 523. The van der Waals surface area contributed by atoms with Gasteiger partial charge in [0, 0.05) is 6.08 Å². The van der Waals surface area contributed by atoms with Crippen LogP contribution in [0.3, 0.4) is 0 Å². The van der Waals surface area contributed by atoms with Gasteiger partial charge in [0.1, 0.15) is 0 Å². The van der Waals surface area contributed by atoms with Crippen molar-refractivity contribution in [3.63, 3.8) is 0 Å². The Morgan fingerprint density at radius 3 is 2.47 bits per heavy atom. The van der Waals surface area contributed by atoms with Gasteiger partial charge in [0.05, 0.1) is 29.3 Å². The van der Waals surface area contributed by atoms with Crippen molar-refractivity contribution in [3.8, 4) is 0 Å². The summed E-state index contributed by atoms with van der Waals surface area (Å²) in [6, 6.07) is 4.57. The Kier molecular flexibility index (Phi) is 5.86. The Hall–Kier alpha value is -1.52. The Morgan fingerprint density at radius 1 is 1.26 bits per heavy atom. The van der Waals surface area contributed by atoms with Crippen LogP contribution in [0.25, 0.3) is 5.57 Å². The largest absolute Gasteiger partial charge is 0.465 e. The van der Waals surface area contributed by atoms with Crippen LogP contribution in [0.2, 0.25) is 10.0 Å². The third-order valence-electron chi connectivity index (χ3n) is 2.18. The Balaban J connectivity index is 3.20. The third kappa shape index (κ3) is 4.26. The molecule has 0 aliphatic carbocycles. The summed E-state index contributed by atoms with van der Waals surface area (Å²) >= 11 is 11.7. The van der Waals surface area contributed by atoms with Crippen LogP contribution in [0.1, 0.15) is 12.5 Å². The van der Waals surface area contributed by atoms with Gasteiger partial charge < -0.3 is 9.47 Å². The number of carbonyl (C=O) groups is 2. The molecule has 1 rings (SSSR count). The van der Waals surface area contributed by atoms with Gasteiger partial charge in [-0.1, -0.05) is 29.3 Å². The summed E-state index contributed by atoms with van der Waals surface area (Å²) in [6.07, 6.45) is 1.06. The van der Waals surface area contributed by atoms with Gasteiger partial charge in [-0.3, -0.25) is 0 Å². The highest BCUT2D eigenvalue weighted by molar-refractivity contribution is 6.42. The van der Waals surface area contributed by atoms with E-state index >= 15 is 0 Å². The molecule has 0 atom stereocenters. The van der Waals surface area contributed by atoms with Crippen molar-refractivity contribution in [2.75, 3.05) is 13.7 Å². The molecule has 0 aliphatic heterocycles. The predicted molar refractivity (Wildman–Crippen MR) is 73.1 cm³/mol. The average molecular weight is 303 g/mol. The number of esters is 2. The maximum Gasteiger partial charge on any atom is 0.338 e. The molecule has 0 N–H and O–H groups in total. The molecule has 0 radical (unpaired) electrons. The quantitative estimate of drug-likeness (QED) is 0.633. The molecular formula is C13H12Cl2O4. The molecule has 0 unspecified atom stereocenters. The van der Waals surface area contributed by atoms with Crippen molar-refractivity contribution in [2.45, 2.75) is 6.92 Å². The fraction of sp³-hybridized carbons (Fsp3) is 0.231. The van der Waals surface area contributed by atoms with E-state index in [2.05, 4.69) is 4.74 Å². The fourth-order valence-electron chi connectivity index (χ4n) is 1.34. The van der Waals surface area contributed by atoms with Crippen LogP contribution in [0, 0.1) is 0 Å². The summed E-state index contributed by atoms with van der Waals surface area (Å²) in [5.74, 6) is -1.29. The molecule has 0 saturated heterocycles. The first-order valence-electron chi connectivity index (χ1n) is 5.41. The van der Waals surface area contributed by atoms with Crippen molar-refractivity contribution in [1.29, 1.82) is 0 Å². The zero-order valence-electron chi connectivity index (χ0n) is 10.4. The molecule has 102 valence electrons. The second kappa shape index (κ2) is 7.16. The van der Waals surface area contributed by atoms with Gasteiger partial charge in [-0.15, -0.1) is 0 Å². The molecular weight excluding hydrogens is 291 g/mol. The first-order chi connectivity index (χ1) is 8.99. The summed E-state index contributed by atoms with van der Waals surface area (Å²) < 4.78 is 9.39. The van der Waals surface area contributed by atoms with Crippen LogP contribution in [-0.2, 0) is 19.1 Å². The SMILES string of the molecule is CCOC(=O)/C=C(\C(=O)OC)c1ccc(Cl)c(Cl)c1. The highest BCUT2D eigenvalue weighted by Gasteiger charge is 2.16. The lowest BCUT2D eigenvalue weighted by molar-refractivity contribution is -0.138. The zero-order valence-corrected chi connectivity index (χ0v) is 11.9. The summed E-state index contributed by atoms with van der Waals surface area (Å²) in [5.41, 5.74) is 0.480. The van der Waals surface area contributed by atoms with Crippen LogP contribution >= 0.6 is 23.2 Å². The number of ether oxygens (including phenoxy) is 2. The molecule has 1 aromatic carbocycles. The van der Waals surface area contributed by atoms with E-state index in [4.69, 9.17) is 27.9 Å². The second-order valence-corrected chi connectivity index (χ2v) is 4.24. The number of halogens is 2. The van der Waals surface area contributed by atoms with E-state index in [0.29, 0.717) is 10.6 Å². The van der Waals surface area contributed by atoms with Crippen LogP contribution in [0.15, 0.2) is 24.3 Å². The molecule has 0 aliphatic rings. The summed E-state index contributed by atoms with van der Waals surface area (Å²) in [7, 11) is 1.22. The van der Waals surface area contributed by atoms with Gasteiger partial charge in [0.15, 0.2) is 0 Å². The molecule has 0 saturated carbocycles. The fourth-order valence-corrected chi connectivity index (χ4v) is 1.63. The van der Waals surface area contributed by atoms with Crippen LogP contribution in [0.5, 0.6) is 0 Å². The minimum absolute atomic E-state index is 0.0551. The number of rotatable bonds is 4. The zero-order chi connectivity index (χ0) is 14.4. The lowest BCUT2D eigenvalue weighted by Crippen LogP contribution is -2.08. The van der Waals surface area contributed by atoms with Gasteiger partial charge in [0.2, 0.25) is 0 Å². The molecule has 0 fully saturated rings. The lowest BCUT2D eigenvalue weighted by atomic mass is 10.1. The van der Waals surface area contributed by atoms with E-state index in [1.54, 1.807) is 13.0 Å². The molecule has 0 aromatic heterocycles. The summed E-state index contributed by atoms with van der Waals surface area (Å²) in [4.78, 5) is 23.1. The lowest BCUT2D eigenvalue weighted by Gasteiger charge is -2.07. The van der Waals surface area contributed by atoms with Gasteiger partial charge in [-0.2, -0.15) is 0 Å². The molecule has 1 aromatic rings. The molecule has 19 heavy (non-hydrogen) atoms. The average Bonchev–Trinajstić information content (AvgIpc) is 2.39. The molecule has 6 heteroatoms. The van der Waals surface area contributed by atoms with Crippen molar-refractivity contribution >= 4 is 40.7 Å². The molecule has 4 nitrogen and oxygen atoms in total. The summed E-state index contributed by atoms with van der Waals surface area (Å²) in [5, 5.41) is 0.628.